The molecule has 0 saturated heterocycles. The molecule has 0 aromatic carbocycles. The molecule has 150 valence electrons. The predicted molar refractivity (Wildman–Crippen MR) is 104 cm³/mol. The van der Waals surface area contributed by atoms with Gasteiger partial charge in [0, 0.05) is 48.5 Å². The van der Waals surface area contributed by atoms with Crippen molar-refractivity contribution in [3.8, 4) is 6.07 Å². The number of hydrogen-bond donors (Lipinski definition) is 1. The van der Waals surface area contributed by atoms with E-state index in [-0.39, 0.29) is 23.7 Å². The second-order valence-corrected chi connectivity index (χ2v) is 8.55. The van der Waals surface area contributed by atoms with Gasteiger partial charge in [0.25, 0.3) is 0 Å². The zero-order valence-corrected chi connectivity index (χ0v) is 16.3. The Kier molecular flexibility index (Phi) is 4.30. The molecule has 1 aliphatic heterocycles. The third-order valence-corrected chi connectivity index (χ3v) is 6.67. The van der Waals surface area contributed by atoms with E-state index >= 15 is 0 Å². The molecule has 3 aliphatic rings. The number of nitrogens with one attached hydrogen (secondary N) is 1. The van der Waals surface area contributed by atoms with Gasteiger partial charge in [0.2, 0.25) is 17.5 Å². The fourth-order valence-electron chi connectivity index (χ4n) is 4.79. The van der Waals surface area contributed by atoms with E-state index in [1.165, 1.54) is 0 Å². The molecule has 0 radical (unpaired) electrons. The number of aromatic nitrogens is 1. The van der Waals surface area contributed by atoms with Crippen LogP contribution in [0.4, 0.5) is 0 Å². The average Bonchev–Trinajstić information content (AvgIpc) is 3.44. The van der Waals surface area contributed by atoms with Crippen LogP contribution < -0.4 is 5.32 Å². The molecule has 0 unspecified atom stereocenters. The van der Waals surface area contributed by atoms with Gasteiger partial charge in [-0.1, -0.05) is 12.8 Å². The number of rotatable bonds is 3. The molecule has 2 atom stereocenters. The van der Waals surface area contributed by atoms with Gasteiger partial charge in [-0.2, -0.15) is 5.26 Å². The third-order valence-electron chi connectivity index (χ3n) is 6.67. The number of fused-ring (bicyclic) bond motifs is 3. The topological polar surface area (TPSA) is 99.2 Å². The molecule has 2 fully saturated rings. The Morgan fingerprint density at radius 1 is 1.28 bits per heavy atom. The summed E-state index contributed by atoms with van der Waals surface area (Å²) in [6.45, 7) is 1.10. The molecule has 2 aliphatic carbocycles. The number of carbonyl (C=O) groups is 2. The van der Waals surface area contributed by atoms with Gasteiger partial charge in [-0.15, -0.1) is 0 Å². The van der Waals surface area contributed by atoms with Gasteiger partial charge in [0.1, 0.15) is 11.3 Å². The quantitative estimate of drug-likeness (QED) is 0.866. The molecule has 0 bridgehead atoms. The Morgan fingerprint density at radius 2 is 2.07 bits per heavy atom. The Morgan fingerprint density at radius 3 is 2.83 bits per heavy atom. The van der Waals surface area contributed by atoms with Crippen LogP contribution in [0.3, 0.4) is 0 Å². The molecule has 2 aromatic heterocycles. The minimum Gasteiger partial charge on any atom is -0.442 e. The molecule has 7 heteroatoms. The van der Waals surface area contributed by atoms with Gasteiger partial charge in [-0.05, 0) is 37.8 Å². The van der Waals surface area contributed by atoms with E-state index in [9.17, 15) is 14.9 Å². The van der Waals surface area contributed by atoms with Crippen LogP contribution in [0, 0.1) is 23.2 Å². The van der Waals surface area contributed by atoms with Crippen LogP contribution in [-0.4, -0.2) is 33.8 Å². The fourth-order valence-corrected chi connectivity index (χ4v) is 4.79. The van der Waals surface area contributed by atoms with Crippen molar-refractivity contribution in [1.82, 2.24) is 15.2 Å². The molecule has 7 nitrogen and oxygen atoms in total. The van der Waals surface area contributed by atoms with E-state index in [0.717, 1.165) is 36.0 Å². The second-order valence-electron chi connectivity index (χ2n) is 8.55. The summed E-state index contributed by atoms with van der Waals surface area (Å²) in [6, 6.07) is 6.07. The maximum absolute atomic E-state index is 13.4. The van der Waals surface area contributed by atoms with Crippen molar-refractivity contribution in [3.05, 3.63) is 29.7 Å². The number of nitriles is 1. The number of nitrogens with zero attached hydrogens (tertiary/aromatic N) is 3. The highest BCUT2D eigenvalue weighted by Crippen LogP contribution is 2.38. The summed E-state index contributed by atoms with van der Waals surface area (Å²) in [5, 5.41) is 13.2. The van der Waals surface area contributed by atoms with Crippen molar-refractivity contribution >= 4 is 22.9 Å². The number of carbonyl (C=O) groups excluding carboxylic acids is 2. The highest BCUT2D eigenvalue weighted by molar-refractivity contribution is 5.89. The van der Waals surface area contributed by atoms with Gasteiger partial charge in [-0.25, -0.2) is 4.98 Å². The summed E-state index contributed by atoms with van der Waals surface area (Å²) >= 11 is 0. The first-order valence-corrected chi connectivity index (χ1v) is 10.5. The largest absolute Gasteiger partial charge is 0.442 e. The van der Waals surface area contributed by atoms with E-state index in [0.29, 0.717) is 44.5 Å². The molecule has 2 aromatic rings. The number of furan rings is 1. The lowest BCUT2D eigenvalue weighted by Crippen LogP contribution is -2.48. The Hall–Kier alpha value is -2.88. The maximum atomic E-state index is 13.4. The molecular weight excluding hydrogens is 368 g/mol. The lowest BCUT2D eigenvalue weighted by Gasteiger charge is -2.35. The molecule has 2 saturated carbocycles. The monoisotopic (exact) mass is 392 g/mol. The van der Waals surface area contributed by atoms with Crippen LogP contribution >= 0.6 is 0 Å². The van der Waals surface area contributed by atoms with E-state index in [2.05, 4.69) is 16.4 Å². The first kappa shape index (κ1) is 18.2. The summed E-state index contributed by atoms with van der Waals surface area (Å²) < 4.78 is 5.85. The van der Waals surface area contributed by atoms with Gasteiger partial charge in [-0.3, -0.25) is 9.59 Å². The van der Waals surface area contributed by atoms with Crippen LogP contribution in [0.2, 0.25) is 0 Å². The summed E-state index contributed by atoms with van der Waals surface area (Å²) in [6.07, 6.45) is 7.13. The SMILES string of the molecule is N#CC1(NC(=O)[C@@H]2CCCC[C@H]2C(=O)N2CCc3oc4ncccc4c3C2)CC1. The van der Waals surface area contributed by atoms with E-state index in [1.54, 1.807) is 6.20 Å². The normalized spacial score (nSPS) is 25.1. The predicted octanol–water partition coefficient (Wildman–Crippen LogP) is 2.69. The van der Waals surface area contributed by atoms with Crippen LogP contribution in [0.25, 0.3) is 11.1 Å². The zero-order valence-electron chi connectivity index (χ0n) is 16.3. The highest BCUT2D eigenvalue weighted by Gasteiger charge is 2.47. The minimum absolute atomic E-state index is 0.0514. The molecule has 1 N–H and O–H groups in total. The van der Waals surface area contributed by atoms with Gasteiger partial charge in [0.15, 0.2) is 0 Å². The maximum Gasteiger partial charge on any atom is 0.226 e. The highest BCUT2D eigenvalue weighted by atomic mass is 16.3. The van der Waals surface area contributed by atoms with E-state index in [4.69, 9.17) is 4.42 Å². The lowest BCUT2D eigenvalue weighted by molar-refractivity contribution is -0.144. The van der Waals surface area contributed by atoms with Crippen molar-refractivity contribution < 1.29 is 14.0 Å². The second kappa shape index (κ2) is 6.87. The summed E-state index contributed by atoms with van der Waals surface area (Å²) in [5.74, 6) is 0.181. The molecule has 29 heavy (non-hydrogen) atoms. The Balaban J connectivity index is 1.35. The smallest absolute Gasteiger partial charge is 0.226 e. The molecule has 5 rings (SSSR count). The Labute approximate surface area is 169 Å². The fraction of sp³-hybridized carbons (Fsp3) is 0.545. The van der Waals surface area contributed by atoms with Crippen LogP contribution in [0.1, 0.15) is 49.8 Å². The summed E-state index contributed by atoms with van der Waals surface area (Å²) in [5.41, 5.74) is 0.962. The van der Waals surface area contributed by atoms with Crippen LogP contribution in [0.5, 0.6) is 0 Å². The first-order valence-electron chi connectivity index (χ1n) is 10.5. The van der Waals surface area contributed by atoms with Crippen molar-refractivity contribution in [2.75, 3.05) is 6.54 Å². The summed E-state index contributed by atoms with van der Waals surface area (Å²) in [4.78, 5) is 32.5. The van der Waals surface area contributed by atoms with Crippen molar-refractivity contribution in [2.45, 2.75) is 57.0 Å². The number of amides is 2. The Bertz CT molecular complexity index is 1020. The summed E-state index contributed by atoms with van der Waals surface area (Å²) in [7, 11) is 0. The minimum atomic E-state index is -0.690. The first-order chi connectivity index (χ1) is 14.1. The van der Waals surface area contributed by atoms with Gasteiger partial charge in [0.05, 0.1) is 6.07 Å². The molecule has 2 amide bonds. The van der Waals surface area contributed by atoms with Crippen molar-refractivity contribution in [2.24, 2.45) is 11.8 Å². The van der Waals surface area contributed by atoms with E-state index in [1.807, 2.05) is 17.0 Å². The molecule has 0 spiro atoms. The number of hydrogen-bond acceptors (Lipinski definition) is 5. The molecule has 3 heterocycles. The third kappa shape index (κ3) is 3.17. The van der Waals surface area contributed by atoms with Crippen LogP contribution in [-0.2, 0) is 22.6 Å². The average molecular weight is 392 g/mol. The van der Waals surface area contributed by atoms with Gasteiger partial charge < -0.3 is 14.6 Å². The van der Waals surface area contributed by atoms with E-state index < -0.39 is 5.54 Å². The van der Waals surface area contributed by atoms with Crippen molar-refractivity contribution in [1.29, 1.82) is 5.26 Å². The van der Waals surface area contributed by atoms with Crippen molar-refractivity contribution in [3.63, 3.8) is 0 Å². The number of pyridine rings is 1. The molecular formula is C22H24N4O3. The van der Waals surface area contributed by atoms with Crippen LogP contribution in [0.15, 0.2) is 22.7 Å². The standard InChI is InChI=1S/C22H24N4O3/c23-13-22(8-9-22)25-19(27)14-4-1-2-5-16(14)21(28)26-11-7-18-17(12-26)15-6-3-10-24-20(15)29-18/h3,6,10,14,16H,1-2,4-5,7-9,11-12H2,(H,25,27)/t14-,16-/m1/s1. The lowest BCUT2D eigenvalue weighted by atomic mass is 9.77. The van der Waals surface area contributed by atoms with Gasteiger partial charge >= 0.3 is 0 Å². The zero-order chi connectivity index (χ0) is 20.0.